The second kappa shape index (κ2) is 27.5. The molecule has 0 radical (unpaired) electrons. The molecule has 15 aromatic carbocycles. The number of rotatable bonds is 12. The average molecular weight is 1620 g/mol. The van der Waals surface area contributed by atoms with Crippen LogP contribution in [0.15, 0.2) is 346 Å². The minimum absolute atomic E-state index is 0.589. The topological polar surface area (TPSA) is 134 Å². The van der Waals surface area contributed by atoms with Crippen molar-refractivity contribution in [3.05, 3.63) is 346 Å². The molecule has 10 aromatic heterocycles. The molecule has 0 fully saturated rings. The molecule has 558 valence electrons. The van der Waals surface area contributed by atoms with E-state index in [0.717, 1.165) is 187 Å². The molecule has 25 aromatic rings. The number of para-hydroxylation sites is 2. The minimum Gasteiger partial charge on any atom is -0.309 e. The fourth-order valence-corrected chi connectivity index (χ4v) is 23.4. The zero-order valence-electron chi connectivity index (χ0n) is 63.4. The standard InChI is InChI=1S/C104H57N11S5/c1-4-25-58(26-5-1)97-109-101(64-53-54-67-66-35-10-14-46-78(66)115(79(67)57-64)65-33-8-3-9-34-65)113-102(110-97)74-42-23-51-84-87(74)71-39-20-44-76(93(71)119-84)91-95-89(69-37-12-16-48-81(69)117-95)105-99(107-91)62-31-18-29-60(55-62)61-30-19-32-63(56-61)100-106-90-70-38-13-17-49-82(70)118-96(90)92(108-100)77-45-21-40-72-88-75(43-24-52-85(88)120-94(72)77)104-112-98(59-27-6-2-7-28-59)111-103(114-104)73-41-22-50-83-86(73)68-36-11-15-47-80(68)116-83/h1-57H. The van der Waals surface area contributed by atoms with E-state index in [4.69, 9.17) is 49.8 Å². The maximum absolute atomic E-state index is 5.72. The van der Waals surface area contributed by atoms with Crippen molar-refractivity contribution in [3.8, 4) is 130 Å². The number of benzene rings is 15. The van der Waals surface area contributed by atoms with Gasteiger partial charge in [0, 0.05) is 153 Å². The van der Waals surface area contributed by atoms with Gasteiger partial charge in [0.15, 0.2) is 46.6 Å². The smallest absolute Gasteiger partial charge is 0.164 e. The van der Waals surface area contributed by atoms with Crippen molar-refractivity contribution in [2.75, 3.05) is 0 Å². The molecule has 0 saturated carbocycles. The molecule has 0 aliphatic heterocycles. The molecule has 0 spiro atoms. The number of fused-ring (bicyclic) bond motifs is 18. The molecule has 0 aliphatic rings. The predicted octanol–water partition coefficient (Wildman–Crippen LogP) is 28.9. The van der Waals surface area contributed by atoms with Crippen molar-refractivity contribution in [2.45, 2.75) is 0 Å². The summed E-state index contributed by atoms with van der Waals surface area (Å²) in [7, 11) is 0. The van der Waals surface area contributed by atoms with Gasteiger partial charge >= 0.3 is 0 Å². The van der Waals surface area contributed by atoms with Gasteiger partial charge in [-0.05, 0) is 83.9 Å². The zero-order chi connectivity index (χ0) is 78.6. The Hall–Kier alpha value is -14.6. The lowest BCUT2D eigenvalue weighted by molar-refractivity contribution is 1.08. The van der Waals surface area contributed by atoms with Gasteiger partial charge in [0.2, 0.25) is 0 Å². The molecule has 0 N–H and O–H groups in total. The molecular formula is C104H57N11S5. The van der Waals surface area contributed by atoms with E-state index in [0.29, 0.717) is 46.6 Å². The summed E-state index contributed by atoms with van der Waals surface area (Å²) in [6.07, 6.45) is 0. The Kier molecular flexibility index (Phi) is 15.7. The summed E-state index contributed by atoms with van der Waals surface area (Å²) >= 11 is 8.81. The number of nitrogens with zero attached hydrogens (tertiary/aromatic N) is 11. The maximum Gasteiger partial charge on any atom is 0.164 e. The van der Waals surface area contributed by atoms with Crippen molar-refractivity contribution in [2.24, 2.45) is 0 Å². The van der Waals surface area contributed by atoms with E-state index in [1.807, 2.05) is 36.4 Å². The van der Waals surface area contributed by atoms with Crippen molar-refractivity contribution >= 4 is 180 Å². The van der Waals surface area contributed by atoms with E-state index in [9.17, 15) is 0 Å². The molecule has 0 amide bonds. The molecule has 16 heteroatoms. The molecule has 25 rings (SSSR count). The van der Waals surface area contributed by atoms with Crippen molar-refractivity contribution in [1.82, 2.24) is 54.4 Å². The highest BCUT2D eigenvalue weighted by Gasteiger charge is 2.28. The Morgan fingerprint density at radius 1 is 0.183 bits per heavy atom. The van der Waals surface area contributed by atoms with Crippen LogP contribution in [0.2, 0.25) is 0 Å². The van der Waals surface area contributed by atoms with Crippen LogP contribution < -0.4 is 0 Å². The first-order chi connectivity index (χ1) is 59.4. The second-order valence-corrected chi connectivity index (χ2v) is 35.3. The van der Waals surface area contributed by atoms with Crippen LogP contribution in [0.5, 0.6) is 0 Å². The molecule has 0 bridgehead atoms. The lowest BCUT2D eigenvalue weighted by Crippen LogP contribution is -2.00. The summed E-state index contributed by atoms with van der Waals surface area (Å²) < 4.78 is 13.6. The van der Waals surface area contributed by atoms with Gasteiger partial charge in [0.1, 0.15) is 0 Å². The van der Waals surface area contributed by atoms with Gasteiger partial charge < -0.3 is 4.57 Å². The first kappa shape index (κ1) is 68.6. The molecular weight excluding hydrogens is 1560 g/mol. The van der Waals surface area contributed by atoms with Crippen LogP contribution in [0.1, 0.15) is 0 Å². The Morgan fingerprint density at radius 3 is 1.04 bits per heavy atom. The van der Waals surface area contributed by atoms with Gasteiger partial charge in [0.25, 0.3) is 0 Å². The van der Waals surface area contributed by atoms with Gasteiger partial charge in [-0.3, -0.25) is 0 Å². The molecule has 0 saturated heterocycles. The lowest BCUT2D eigenvalue weighted by Gasteiger charge is -2.11. The number of thiophene rings is 5. The summed E-state index contributed by atoms with van der Waals surface area (Å²) in [6, 6.07) is 122. The summed E-state index contributed by atoms with van der Waals surface area (Å²) in [4.78, 5) is 54.7. The van der Waals surface area contributed by atoms with Gasteiger partial charge in [-0.2, -0.15) is 0 Å². The van der Waals surface area contributed by atoms with Crippen LogP contribution in [0.4, 0.5) is 0 Å². The highest BCUT2D eigenvalue weighted by atomic mass is 32.1. The molecule has 11 nitrogen and oxygen atoms in total. The third-order valence-corrected chi connectivity index (χ3v) is 28.9. The SMILES string of the molecule is c1ccc(-c2nc(-c3ccc4c5ccccc5n(-c5ccccc5)c4c3)nc(-c3cccc4sc5c(-c6nc(-c7cccc(-c8cccc(-c9nc(-c%10cccc%11c%10sc%10cccc(-c%12nc(-c%13ccccc%13)nc(-c%13cccc%14sc%15ccccc%15c%13%14)n%12)c%10%11)c%10sc%11ccccc%11c%10n9)c8)c7)nc7c6sc6ccccc67)cccc5c34)n2)cc1. The summed E-state index contributed by atoms with van der Waals surface area (Å²) in [5, 5.41) is 11.2. The fraction of sp³-hybridized carbons (Fsp3) is 0. The first-order valence-electron chi connectivity index (χ1n) is 39.6. The normalized spacial score (nSPS) is 12.0. The van der Waals surface area contributed by atoms with E-state index < -0.39 is 0 Å². The quantitative estimate of drug-likeness (QED) is 0.116. The minimum atomic E-state index is 0.589. The third-order valence-electron chi connectivity index (χ3n) is 23.0. The van der Waals surface area contributed by atoms with Crippen molar-refractivity contribution in [1.29, 1.82) is 0 Å². The van der Waals surface area contributed by atoms with Crippen molar-refractivity contribution in [3.63, 3.8) is 0 Å². The molecule has 0 atom stereocenters. The van der Waals surface area contributed by atoms with Crippen LogP contribution in [0.3, 0.4) is 0 Å². The summed E-state index contributed by atoms with van der Waals surface area (Å²) in [5.74, 6) is 4.90. The third kappa shape index (κ3) is 11.1. The predicted molar refractivity (Wildman–Crippen MR) is 503 cm³/mol. The first-order valence-corrected chi connectivity index (χ1v) is 43.7. The Labute approximate surface area is 704 Å². The number of hydrogen-bond acceptors (Lipinski definition) is 15. The summed E-state index contributed by atoms with van der Waals surface area (Å²) in [6.45, 7) is 0. The van der Waals surface area contributed by atoms with Gasteiger partial charge in [0.05, 0.1) is 42.9 Å². The van der Waals surface area contributed by atoms with E-state index in [1.165, 1.54) is 20.2 Å². The van der Waals surface area contributed by atoms with E-state index >= 15 is 0 Å². The van der Waals surface area contributed by atoms with Crippen LogP contribution in [-0.2, 0) is 0 Å². The van der Waals surface area contributed by atoms with Gasteiger partial charge in [-0.1, -0.05) is 273 Å². The summed E-state index contributed by atoms with van der Waals surface area (Å²) in [5.41, 5.74) is 18.3. The average Bonchev–Trinajstić information content (AvgIpc) is 1.57. The van der Waals surface area contributed by atoms with Gasteiger partial charge in [-0.15, -0.1) is 56.7 Å². The molecule has 10 heterocycles. The van der Waals surface area contributed by atoms with Crippen LogP contribution in [0, 0.1) is 0 Å². The Balaban J connectivity index is 0.599. The van der Waals surface area contributed by atoms with E-state index in [1.54, 1.807) is 56.7 Å². The molecule has 0 aliphatic carbocycles. The Morgan fingerprint density at radius 2 is 0.517 bits per heavy atom. The van der Waals surface area contributed by atoms with E-state index in [2.05, 4.69) is 314 Å². The van der Waals surface area contributed by atoms with Crippen LogP contribution in [-0.4, -0.2) is 54.4 Å². The fourth-order valence-electron chi connectivity index (χ4n) is 17.5. The van der Waals surface area contributed by atoms with E-state index in [-0.39, 0.29) is 0 Å². The van der Waals surface area contributed by atoms with Crippen LogP contribution >= 0.6 is 56.7 Å². The highest BCUT2D eigenvalue weighted by molar-refractivity contribution is 7.28. The van der Waals surface area contributed by atoms with Crippen LogP contribution in [0.25, 0.3) is 253 Å². The lowest BCUT2D eigenvalue weighted by atomic mass is 9.99. The largest absolute Gasteiger partial charge is 0.309 e. The number of hydrogen-bond donors (Lipinski definition) is 0. The monoisotopic (exact) mass is 1620 g/mol. The zero-order valence-corrected chi connectivity index (χ0v) is 67.5. The Bertz CT molecular complexity index is 8580. The highest BCUT2D eigenvalue weighted by Crippen LogP contribution is 2.51. The maximum atomic E-state index is 5.72. The second-order valence-electron chi connectivity index (χ2n) is 30.0. The number of aromatic nitrogens is 11. The van der Waals surface area contributed by atoms with Crippen molar-refractivity contribution < 1.29 is 0 Å². The van der Waals surface area contributed by atoms with Gasteiger partial charge in [-0.25, -0.2) is 49.8 Å². The molecule has 120 heavy (non-hydrogen) atoms. The molecule has 0 unspecified atom stereocenters.